The number of benzene rings is 2. The second-order valence-electron chi connectivity index (χ2n) is 7.07. The third kappa shape index (κ3) is 4.85. The Hall–Kier alpha value is -2.25. The lowest BCUT2D eigenvalue weighted by molar-refractivity contribution is -0.127. The highest BCUT2D eigenvalue weighted by Gasteiger charge is 2.37. The first-order valence-corrected chi connectivity index (χ1v) is 11.5. The molecule has 1 aliphatic heterocycles. The van der Waals surface area contributed by atoms with Gasteiger partial charge in [-0.25, -0.2) is 8.42 Å². The zero-order valence-electron chi connectivity index (χ0n) is 16.5. The van der Waals surface area contributed by atoms with E-state index in [-0.39, 0.29) is 17.3 Å². The fourth-order valence-electron chi connectivity index (χ4n) is 3.13. The summed E-state index contributed by atoms with van der Waals surface area (Å²) in [5.74, 6) is -0.0177. The highest BCUT2D eigenvalue weighted by Crippen LogP contribution is 2.38. The summed E-state index contributed by atoms with van der Waals surface area (Å²) in [5.41, 5.74) is 1.28. The summed E-state index contributed by atoms with van der Waals surface area (Å²) in [7, 11) is -3.89. The van der Waals surface area contributed by atoms with E-state index in [0.717, 1.165) is 24.8 Å². The largest absolute Gasteiger partial charge is 0.476 e. The molecule has 0 aliphatic carbocycles. The number of anilines is 1. The normalized spacial score (nSPS) is 16.1. The molecule has 6 nitrogen and oxygen atoms in total. The van der Waals surface area contributed by atoms with E-state index in [2.05, 4.69) is 12.2 Å². The SMILES string of the molecule is CCCCCNC(=O)[C@@H]1CN(S(=O)(=O)c2ccc(C)cc2)c2cc(Cl)ccc2O1. The predicted octanol–water partition coefficient (Wildman–Crippen LogP) is 3.91. The van der Waals surface area contributed by atoms with E-state index >= 15 is 0 Å². The molecule has 1 heterocycles. The van der Waals surface area contributed by atoms with Crippen molar-refractivity contribution in [2.24, 2.45) is 0 Å². The number of carbonyl (C=O) groups excluding carboxylic acids is 1. The van der Waals surface area contributed by atoms with Gasteiger partial charge in [-0.15, -0.1) is 0 Å². The summed E-state index contributed by atoms with van der Waals surface area (Å²) < 4.78 is 33.7. The Morgan fingerprint density at radius 3 is 2.62 bits per heavy atom. The molecule has 0 bridgehead atoms. The van der Waals surface area contributed by atoms with Crippen molar-refractivity contribution in [2.75, 3.05) is 17.4 Å². The van der Waals surface area contributed by atoms with Gasteiger partial charge < -0.3 is 10.1 Å². The number of aryl methyl sites for hydroxylation is 1. The Balaban J connectivity index is 1.91. The summed E-state index contributed by atoms with van der Waals surface area (Å²) in [6.45, 7) is 4.38. The minimum Gasteiger partial charge on any atom is -0.476 e. The molecule has 0 saturated carbocycles. The number of unbranched alkanes of at least 4 members (excludes halogenated alkanes) is 2. The van der Waals surface area contributed by atoms with Crippen molar-refractivity contribution in [3.63, 3.8) is 0 Å². The first kappa shape index (κ1) is 21.5. The van der Waals surface area contributed by atoms with Crippen LogP contribution in [0.1, 0.15) is 31.7 Å². The van der Waals surface area contributed by atoms with Crippen LogP contribution >= 0.6 is 11.6 Å². The second-order valence-corrected chi connectivity index (χ2v) is 9.36. The van der Waals surface area contributed by atoms with Gasteiger partial charge in [-0.3, -0.25) is 9.10 Å². The maximum Gasteiger partial charge on any atom is 0.264 e. The van der Waals surface area contributed by atoms with Crippen LogP contribution in [0.25, 0.3) is 0 Å². The fourth-order valence-corrected chi connectivity index (χ4v) is 4.76. The summed E-state index contributed by atoms with van der Waals surface area (Å²) >= 11 is 6.10. The molecule has 0 unspecified atom stereocenters. The quantitative estimate of drug-likeness (QED) is 0.667. The maximum absolute atomic E-state index is 13.3. The minimum atomic E-state index is -3.89. The molecule has 1 N–H and O–H groups in total. The molecule has 1 amide bonds. The zero-order chi connectivity index (χ0) is 21.0. The van der Waals surface area contributed by atoms with E-state index in [0.29, 0.717) is 23.0 Å². The molecule has 0 saturated heterocycles. The second kappa shape index (κ2) is 9.05. The lowest BCUT2D eigenvalue weighted by atomic mass is 10.2. The van der Waals surface area contributed by atoms with Crippen LogP contribution in [0.15, 0.2) is 47.4 Å². The van der Waals surface area contributed by atoms with E-state index in [9.17, 15) is 13.2 Å². The van der Waals surface area contributed by atoms with Gasteiger partial charge in [0, 0.05) is 11.6 Å². The number of rotatable bonds is 7. The van der Waals surface area contributed by atoms with Gasteiger partial charge >= 0.3 is 0 Å². The van der Waals surface area contributed by atoms with Crippen molar-refractivity contribution in [2.45, 2.75) is 44.1 Å². The van der Waals surface area contributed by atoms with Crippen molar-refractivity contribution in [3.05, 3.63) is 53.1 Å². The number of nitrogens with zero attached hydrogens (tertiary/aromatic N) is 1. The Kier molecular flexibility index (Phi) is 6.70. The molecule has 156 valence electrons. The molecule has 0 fully saturated rings. The number of fused-ring (bicyclic) bond motifs is 1. The molecular weight excluding hydrogens is 412 g/mol. The molecule has 0 spiro atoms. The summed E-state index contributed by atoms with van der Waals surface area (Å²) in [6, 6.07) is 11.3. The van der Waals surface area contributed by atoms with Crippen LogP contribution < -0.4 is 14.4 Å². The Bertz CT molecular complexity index is 977. The number of ether oxygens (including phenoxy) is 1. The summed E-state index contributed by atoms with van der Waals surface area (Å²) in [4.78, 5) is 12.8. The van der Waals surface area contributed by atoms with Gasteiger partial charge in [0.2, 0.25) is 0 Å². The third-order valence-corrected chi connectivity index (χ3v) is 6.80. The zero-order valence-corrected chi connectivity index (χ0v) is 18.1. The summed E-state index contributed by atoms with van der Waals surface area (Å²) in [6.07, 6.45) is 1.99. The molecule has 1 atom stereocenters. The molecule has 29 heavy (non-hydrogen) atoms. The molecule has 8 heteroatoms. The van der Waals surface area contributed by atoms with E-state index in [1.54, 1.807) is 36.4 Å². The number of carbonyl (C=O) groups is 1. The smallest absolute Gasteiger partial charge is 0.264 e. The molecule has 0 radical (unpaired) electrons. The lowest BCUT2D eigenvalue weighted by Crippen LogP contribution is -2.50. The molecule has 0 aromatic heterocycles. The van der Waals surface area contributed by atoms with E-state index in [1.165, 1.54) is 10.4 Å². The van der Waals surface area contributed by atoms with Crippen molar-refractivity contribution >= 4 is 33.2 Å². The van der Waals surface area contributed by atoms with E-state index in [4.69, 9.17) is 16.3 Å². The Morgan fingerprint density at radius 1 is 1.21 bits per heavy atom. The van der Waals surface area contributed by atoms with Gasteiger partial charge in [-0.2, -0.15) is 0 Å². The lowest BCUT2D eigenvalue weighted by Gasteiger charge is -2.35. The first-order valence-electron chi connectivity index (χ1n) is 9.66. The van der Waals surface area contributed by atoms with Crippen LogP contribution in [0.5, 0.6) is 5.75 Å². The van der Waals surface area contributed by atoms with Gasteiger partial charge in [0.05, 0.1) is 17.1 Å². The average Bonchev–Trinajstić information content (AvgIpc) is 2.70. The predicted molar refractivity (Wildman–Crippen MR) is 114 cm³/mol. The maximum atomic E-state index is 13.3. The van der Waals surface area contributed by atoms with Crippen molar-refractivity contribution in [1.82, 2.24) is 5.32 Å². The van der Waals surface area contributed by atoms with Crippen molar-refractivity contribution in [1.29, 1.82) is 0 Å². The van der Waals surface area contributed by atoms with Gasteiger partial charge in [0.25, 0.3) is 15.9 Å². The highest BCUT2D eigenvalue weighted by molar-refractivity contribution is 7.92. The van der Waals surface area contributed by atoms with Crippen LogP contribution in [-0.2, 0) is 14.8 Å². The van der Waals surface area contributed by atoms with Crippen molar-refractivity contribution in [3.8, 4) is 5.75 Å². The topological polar surface area (TPSA) is 75.7 Å². The molecule has 3 rings (SSSR count). The fraction of sp³-hybridized carbons (Fsp3) is 0.381. The Labute approximate surface area is 176 Å². The van der Waals surface area contributed by atoms with Gasteiger partial charge in [-0.05, 0) is 43.7 Å². The van der Waals surface area contributed by atoms with Gasteiger partial charge in [0.1, 0.15) is 5.75 Å². The average molecular weight is 437 g/mol. The number of hydrogen-bond acceptors (Lipinski definition) is 4. The standard InChI is InChI=1S/C21H25ClN2O4S/c1-3-4-5-12-23-21(25)20-14-24(18-13-16(22)8-11-19(18)28-20)29(26,27)17-9-6-15(2)7-10-17/h6-11,13,20H,3-5,12,14H2,1-2H3,(H,23,25)/t20-/m0/s1. The van der Waals surface area contributed by atoms with Gasteiger partial charge in [-0.1, -0.05) is 49.1 Å². The monoisotopic (exact) mass is 436 g/mol. The minimum absolute atomic E-state index is 0.122. The van der Waals surface area contributed by atoms with E-state index in [1.807, 2.05) is 6.92 Å². The molecule has 2 aromatic rings. The third-order valence-electron chi connectivity index (χ3n) is 4.77. The van der Waals surface area contributed by atoms with Crippen LogP contribution in [0.3, 0.4) is 0 Å². The number of nitrogens with one attached hydrogen (secondary N) is 1. The molecule has 1 aliphatic rings. The summed E-state index contributed by atoms with van der Waals surface area (Å²) in [5, 5.41) is 3.23. The number of amides is 1. The highest BCUT2D eigenvalue weighted by atomic mass is 35.5. The molecular formula is C21H25ClN2O4S. The van der Waals surface area contributed by atoms with Crippen LogP contribution in [-0.4, -0.2) is 33.5 Å². The number of halogens is 1. The van der Waals surface area contributed by atoms with E-state index < -0.39 is 16.1 Å². The first-order chi connectivity index (χ1) is 13.8. The van der Waals surface area contributed by atoms with Crippen LogP contribution in [0.2, 0.25) is 5.02 Å². The number of hydrogen-bond donors (Lipinski definition) is 1. The van der Waals surface area contributed by atoms with Gasteiger partial charge in [0.15, 0.2) is 6.10 Å². The molecule has 2 aromatic carbocycles. The van der Waals surface area contributed by atoms with Crippen LogP contribution in [0.4, 0.5) is 5.69 Å². The number of sulfonamides is 1. The Morgan fingerprint density at radius 2 is 1.93 bits per heavy atom. The van der Waals surface area contributed by atoms with Crippen molar-refractivity contribution < 1.29 is 17.9 Å². The van der Waals surface area contributed by atoms with Crippen LogP contribution in [0, 0.1) is 6.92 Å².